The van der Waals surface area contributed by atoms with Gasteiger partial charge in [0.05, 0.1) is 6.61 Å². The summed E-state index contributed by atoms with van der Waals surface area (Å²) in [6.45, 7) is 3.65. The molecule has 4 heteroatoms. The second kappa shape index (κ2) is 6.58. The first-order valence-electron chi connectivity index (χ1n) is 2.70. The zero-order chi connectivity index (χ0) is 7.28. The van der Waals surface area contributed by atoms with Crippen LogP contribution in [0.1, 0.15) is 0 Å². The van der Waals surface area contributed by atoms with Crippen molar-refractivity contribution in [2.45, 2.75) is 0 Å². The van der Waals surface area contributed by atoms with E-state index in [9.17, 15) is 4.79 Å². The van der Waals surface area contributed by atoms with E-state index in [1.807, 2.05) is 0 Å². The minimum Gasteiger partial charge on any atom is -0.395 e. The largest absolute Gasteiger partial charge is 0.395 e. The third-order valence-corrected chi connectivity index (χ3v) is 0.986. The molecule has 0 aliphatic heterocycles. The molecular formula is C6H12ClNO2. The van der Waals surface area contributed by atoms with Crippen molar-refractivity contribution in [1.29, 1.82) is 0 Å². The number of hydrogen-bond acceptors (Lipinski definition) is 2. The van der Waals surface area contributed by atoms with Crippen LogP contribution in [0.4, 0.5) is 0 Å². The molecule has 0 saturated carbocycles. The minimum absolute atomic E-state index is 0. The lowest BCUT2D eigenvalue weighted by molar-refractivity contribution is -0.125. The maximum atomic E-state index is 10.6. The molecule has 0 spiro atoms. The Hall–Kier alpha value is -0.540. The third-order valence-electron chi connectivity index (χ3n) is 0.986. The summed E-state index contributed by atoms with van der Waals surface area (Å²) in [5.74, 6) is -0.163. The van der Waals surface area contributed by atoms with Gasteiger partial charge in [-0.1, -0.05) is 6.58 Å². The molecule has 0 atom stereocenters. The van der Waals surface area contributed by atoms with Gasteiger partial charge < -0.3 is 10.0 Å². The monoisotopic (exact) mass is 165 g/mol. The molecule has 0 heterocycles. The van der Waals surface area contributed by atoms with Gasteiger partial charge in [0.2, 0.25) is 5.91 Å². The van der Waals surface area contributed by atoms with Crippen molar-refractivity contribution in [2.24, 2.45) is 0 Å². The lowest BCUT2D eigenvalue weighted by atomic mass is 10.5. The maximum Gasteiger partial charge on any atom is 0.245 e. The second-order valence-corrected chi connectivity index (χ2v) is 1.69. The molecule has 1 amide bonds. The van der Waals surface area contributed by atoms with Crippen LogP contribution in [0.2, 0.25) is 0 Å². The predicted octanol–water partition coefficient (Wildman–Crippen LogP) is 0.0449. The summed E-state index contributed by atoms with van der Waals surface area (Å²) in [4.78, 5) is 12.0. The topological polar surface area (TPSA) is 40.5 Å². The Morgan fingerprint density at radius 3 is 2.60 bits per heavy atom. The van der Waals surface area contributed by atoms with Crippen molar-refractivity contribution in [3.05, 3.63) is 12.7 Å². The van der Waals surface area contributed by atoms with Gasteiger partial charge >= 0.3 is 0 Å². The molecule has 0 radical (unpaired) electrons. The Kier molecular flexibility index (Phi) is 8.00. The van der Waals surface area contributed by atoms with Gasteiger partial charge in [-0.05, 0) is 6.08 Å². The molecule has 0 aromatic heterocycles. The van der Waals surface area contributed by atoms with Crippen LogP contribution in [0.3, 0.4) is 0 Å². The molecule has 0 aromatic rings. The van der Waals surface area contributed by atoms with Crippen molar-refractivity contribution in [3.8, 4) is 0 Å². The number of likely N-dealkylation sites (N-methyl/N-ethyl adjacent to an activating group) is 1. The normalized spacial score (nSPS) is 7.80. The van der Waals surface area contributed by atoms with Crippen LogP contribution in [0, 0.1) is 0 Å². The van der Waals surface area contributed by atoms with Crippen molar-refractivity contribution in [3.63, 3.8) is 0 Å². The van der Waals surface area contributed by atoms with Gasteiger partial charge in [-0.2, -0.15) is 0 Å². The first-order valence-corrected chi connectivity index (χ1v) is 2.70. The summed E-state index contributed by atoms with van der Waals surface area (Å²) in [5.41, 5.74) is 0. The molecule has 0 bridgehead atoms. The Bertz CT molecular complexity index is 116. The summed E-state index contributed by atoms with van der Waals surface area (Å²) in [6.07, 6.45) is 1.22. The Morgan fingerprint density at radius 1 is 1.80 bits per heavy atom. The van der Waals surface area contributed by atoms with E-state index < -0.39 is 0 Å². The van der Waals surface area contributed by atoms with Gasteiger partial charge in [-0.25, -0.2) is 0 Å². The number of aliphatic hydroxyl groups excluding tert-OH is 1. The van der Waals surface area contributed by atoms with E-state index in [0.29, 0.717) is 6.54 Å². The van der Waals surface area contributed by atoms with Gasteiger partial charge in [0.15, 0.2) is 0 Å². The van der Waals surface area contributed by atoms with E-state index in [1.165, 1.54) is 11.0 Å². The van der Waals surface area contributed by atoms with E-state index in [-0.39, 0.29) is 24.9 Å². The van der Waals surface area contributed by atoms with E-state index in [4.69, 9.17) is 5.11 Å². The fourth-order valence-electron chi connectivity index (χ4n) is 0.416. The molecule has 60 valence electrons. The quantitative estimate of drug-likeness (QED) is 0.601. The van der Waals surface area contributed by atoms with E-state index in [0.717, 1.165) is 0 Å². The van der Waals surface area contributed by atoms with Crippen LogP contribution >= 0.6 is 12.4 Å². The van der Waals surface area contributed by atoms with E-state index in [1.54, 1.807) is 7.05 Å². The van der Waals surface area contributed by atoms with Crippen molar-refractivity contribution >= 4 is 18.3 Å². The third kappa shape index (κ3) is 4.35. The van der Waals surface area contributed by atoms with E-state index >= 15 is 0 Å². The molecule has 0 unspecified atom stereocenters. The number of hydrogen-bond donors (Lipinski definition) is 1. The number of amides is 1. The second-order valence-electron chi connectivity index (χ2n) is 1.69. The van der Waals surface area contributed by atoms with Crippen LogP contribution in [-0.2, 0) is 4.79 Å². The lowest BCUT2D eigenvalue weighted by Crippen LogP contribution is -2.27. The van der Waals surface area contributed by atoms with Crippen LogP contribution in [0.5, 0.6) is 0 Å². The summed E-state index contributed by atoms with van der Waals surface area (Å²) < 4.78 is 0. The molecular weight excluding hydrogens is 154 g/mol. The molecule has 0 aromatic carbocycles. The molecule has 3 nitrogen and oxygen atoms in total. The lowest BCUT2D eigenvalue weighted by Gasteiger charge is -2.11. The van der Waals surface area contributed by atoms with Gasteiger partial charge in [0, 0.05) is 13.6 Å². The number of aliphatic hydroxyl groups is 1. The molecule has 10 heavy (non-hydrogen) atoms. The maximum absolute atomic E-state index is 10.6. The number of carbonyl (C=O) groups excluding carboxylic acids is 1. The zero-order valence-corrected chi connectivity index (χ0v) is 6.73. The highest BCUT2D eigenvalue weighted by molar-refractivity contribution is 5.86. The molecule has 0 fully saturated rings. The van der Waals surface area contributed by atoms with Crippen LogP contribution < -0.4 is 0 Å². The SMILES string of the molecule is C=CC(=O)N(C)CCO.Cl. The highest BCUT2D eigenvalue weighted by atomic mass is 35.5. The molecule has 0 rings (SSSR count). The average Bonchev–Trinajstić information content (AvgIpc) is 1.87. The molecule has 1 N–H and O–H groups in total. The van der Waals surface area contributed by atoms with Gasteiger partial charge in [-0.15, -0.1) is 12.4 Å². The Morgan fingerprint density at radius 2 is 2.30 bits per heavy atom. The highest BCUT2D eigenvalue weighted by Gasteiger charge is 1.99. The van der Waals surface area contributed by atoms with Crippen LogP contribution in [0.25, 0.3) is 0 Å². The zero-order valence-electron chi connectivity index (χ0n) is 5.91. The Balaban J connectivity index is 0. The average molecular weight is 166 g/mol. The summed E-state index contributed by atoms with van der Waals surface area (Å²) in [6, 6.07) is 0. The summed E-state index contributed by atoms with van der Waals surface area (Å²) >= 11 is 0. The number of carbonyl (C=O) groups is 1. The predicted molar refractivity (Wildman–Crippen MR) is 42.2 cm³/mol. The molecule has 0 aliphatic carbocycles. The molecule has 0 aliphatic rings. The van der Waals surface area contributed by atoms with E-state index in [2.05, 4.69) is 6.58 Å². The smallest absolute Gasteiger partial charge is 0.245 e. The van der Waals surface area contributed by atoms with Crippen LogP contribution in [-0.4, -0.2) is 36.1 Å². The number of nitrogens with zero attached hydrogens (tertiary/aromatic N) is 1. The van der Waals surface area contributed by atoms with Gasteiger partial charge in [-0.3, -0.25) is 4.79 Å². The first-order chi connectivity index (χ1) is 4.22. The number of rotatable bonds is 3. The highest BCUT2D eigenvalue weighted by Crippen LogP contribution is 1.82. The summed E-state index contributed by atoms with van der Waals surface area (Å²) in [7, 11) is 1.61. The van der Waals surface area contributed by atoms with Gasteiger partial charge in [0.25, 0.3) is 0 Å². The van der Waals surface area contributed by atoms with Crippen molar-refractivity contribution in [2.75, 3.05) is 20.2 Å². The minimum atomic E-state index is -0.163. The Labute approximate surface area is 66.7 Å². The molecule has 0 saturated heterocycles. The first kappa shape index (κ1) is 12.2. The fraction of sp³-hybridized carbons (Fsp3) is 0.500. The number of halogens is 1. The fourth-order valence-corrected chi connectivity index (χ4v) is 0.416. The van der Waals surface area contributed by atoms with Crippen molar-refractivity contribution in [1.82, 2.24) is 4.90 Å². The standard InChI is InChI=1S/C6H11NO2.ClH/c1-3-6(9)7(2)4-5-8;/h3,8H,1,4-5H2,2H3;1H. The van der Waals surface area contributed by atoms with Crippen LogP contribution in [0.15, 0.2) is 12.7 Å². The van der Waals surface area contributed by atoms with Gasteiger partial charge in [0.1, 0.15) is 0 Å². The summed E-state index contributed by atoms with van der Waals surface area (Å²) in [5, 5.41) is 8.35. The van der Waals surface area contributed by atoms with Crippen molar-refractivity contribution < 1.29 is 9.90 Å².